The summed E-state index contributed by atoms with van der Waals surface area (Å²) in [5.41, 5.74) is -1.96. The molecule has 0 spiro atoms. The summed E-state index contributed by atoms with van der Waals surface area (Å²) in [5, 5.41) is 0. The highest BCUT2D eigenvalue weighted by Crippen LogP contribution is 3.02. The molecule has 0 unspecified atom stereocenters. The molecule has 2 aromatic carbocycles. The summed E-state index contributed by atoms with van der Waals surface area (Å²) < 4.78 is 216. The largest absolute Gasteiger partial charge is 0.485 e. The molecule has 64 heavy (non-hydrogen) atoms. The Balaban J connectivity index is 0.991. The quantitative estimate of drug-likeness (QED) is 0.0478. The van der Waals surface area contributed by atoms with Crippen LogP contribution in [0.2, 0.25) is 0 Å². The monoisotopic (exact) mass is 956 g/mol. The van der Waals surface area contributed by atoms with E-state index in [9.17, 15) is 63.3 Å². The van der Waals surface area contributed by atoms with Crippen LogP contribution in [0, 0.1) is 53.9 Å². The van der Waals surface area contributed by atoms with Crippen LogP contribution in [0.3, 0.4) is 0 Å². The van der Waals surface area contributed by atoms with Gasteiger partial charge in [0.05, 0.1) is 13.2 Å². The molecule has 0 amide bonds. The molecule has 0 atom stereocenters. The summed E-state index contributed by atoms with van der Waals surface area (Å²) in [5.74, 6) is -14.2. The average molecular weight is 957 g/mol. The van der Waals surface area contributed by atoms with Crippen molar-refractivity contribution in [2.75, 3.05) is 13.2 Å². The number of rotatable bonds is 23. The number of benzene rings is 2. The van der Waals surface area contributed by atoms with Gasteiger partial charge in [0.15, 0.2) is 16.5 Å². The van der Waals surface area contributed by atoms with Crippen molar-refractivity contribution in [2.24, 2.45) is 23.7 Å². The third kappa shape index (κ3) is 16.5. The number of hydrogen-bond donors (Lipinski definition) is 0. The van der Waals surface area contributed by atoms with E-state index in [1.54, 1.807) is 0 Å². The molecule has 0 heterocycles. The number of halogens is 15. The van der Waals surface area contributed by atoms with Gasteiger partial charge in [-0.05, 0) is 133 Å². The minimum absolute atomic E-state index is 0.0239. The minimum Gasteiger partial charge on any atom is -0.296 e. The van der Waals surface area contributed by atoms with E-state index in [0.717, 1.165) is 44.2 Å². The van der Waals surface area contributed by atoms with Crippen LogP contribution in [-0.2, 0) is 9.47 Å². The highest BCUT2D eigenvalue weighted by molar-refractivity contribution is 8.45. The number of unbranched alkanes of at least 4 members (excludes halogenated alkanes) is 8. The molecule has 0 radical (unpaired) electrons. The number of ether oxygens (including phenoxy) is 2. The van der Waals surface area contributed by atoms with Crippen LogP contribution < -0.4 is 0 Å². The van der Waals surface area contributed by atoms with E-state index in [4.69, 9.17) is 0 Å². The van der Waals surface area contributed by atoms with Crippen molar-refractivity contribution >= 4 is 21.9 Å². The lowest BCUT2D eigenvalue weighted by atomic mass is 9.80. The molecular formula is C46H55F15O2S. The first kappa shape index (κ1) is 53.2. The number of alkyl halides is 2. The van der Waals surface area contributed by atoms with Crippen LogP contribution in [0.5, 0.6) is 0 Å². The molecule has 2 aromatic rings. The fourth-order valence-corrected chi connectivity index (χ4v) is 8.88. The lowest BCUT2D eigenvalue weighted by Gasteiger charge is -2.40. The molecule has 2 aliphatic carbocycles. The van der Waals surface area contributed by atoms with Crippen molar-refractivity contribution in [3.05, 3.63) is 100 Å². The minimum atomic E-state index is -10.8. The highest BCUT2D eigenvalue weighted by atomic mass is 32.5. The molecule has 18 heteroatoms. The van der Waals surface area contributed by atoms with Gasteiger partial charge in [-0.3, -0.25) is 9.47 Å². The van der Waals surface area contributed by atoms with Gasteiger partial charge >= 0.3 is 16.5 Å². The second kappa shape index (κ2) is 22.4. The summed E-state index contributed by atoms with van der Waals surface area (Å²) in [7, 11) is -10.8. The van der Waals surface area contributed by atoms with Gasteiger partial charge in [-0.25, -0.2) is 35.1 Å². The number of allylic oxidation sites excluding steroid dienone is 6. The van der Waals surface area contributed by atoms with Gasteiger partial charge in [-0.2, -0.15) is 0 Å². The molecule has 0 bridgehead atoms. The van der Waals surface area contributed by atoms with Crippen LogP contribution in [0.1, 0.15) is 132 Å². The summed E-state index contributed by atoms with van der Waals surface area (Å²) in [4.78, 5) is -3.41. The topological polar surface area (TPSA) is 18.5 Å². The van der Waals surface area contributed by atoms with Crippen molar-refractivity contribution in [3.63, 3.8) is 0 Å². The number of hydrogen-bond acceptors (Lipinski definition) is 2. The Hall–Kier alpha value is -3.38. The molecular weight excluding hydrogens is 902 g/mol. The van der Waals surface area contributed by atoms with Crippen molar-refractivity contribution in [1.82, 2.24) is 0 Å². The average Bonchev–Trinajstić information content (AvgIpc) is 3.22. The molecule has 0 N–H and O–H groups in total. The lowest BCUT2D eigenvalue weighted by Crippen LogP contribution is -2.26. The first-order chi connectivity index (χ1) is 29.9. The van der Waals surface area contributed by atoms with E-state index in [0.29, 0.717) is 70.6 Å². The molecule has 2 aliphatic rings. The summed E-state index contributed by atoms with van der Waals surface area (Å²) in [6.45, 7) is 0.859. The van der Waals surface area contributed by atoms with Gasteiger partial charge in [0.1, 0.15) is 34.9 Å². The molecule has 0 aromatic heterocycles. The normalized spacial score (nSPS) is 22.1. The molecule has 2 saturated carbocycles. The predicted molar refractivity (Wildman–Crippen MR) is 219 cm³/mol. The standard InChI is InChI=1S/C46H55F15O2S/c1-30-37(47)26-35(27-38(30)48)43(53)41(51)33-20-16-31(17-21-33)14-10-6-2-4-8-12-24-62-46(55,56)63-25-13-9-5-3-7-11-15-32-18-22-34(23-19-32)42(52)44(54)36-28-39(49)45(40(50)29-36)64(57,58,59,60)61/h10-11,14-15,26-29,31-34H,2-9,12-13,16-25H2,1H3/b14-10+,15-11+,43-41+,44-42+. The van der Waals surface area contributed by atoms with Crippen molar-refractivity contribution < 1.29 is 72.8 Å². The fourth-order valence-electron chi connectivity index (χ4n) is 8.03. The van der Waals surface area contributed by atoms with Crippen LogP contribution in [0.15, 0.2) is 65.1 Å². The second-order valence-electron chi connectivity index (χ2n) is 16.8. The maximum absolute atomic E-state index is 14.8. The Kier molecular flexibility index (Phi) is 18.6. The van der Waals surface area contributed by atoms with Gasteiger partial charge in [-0.1, -0.05) is 69.4 Å². The summed E-state index contributed by atoms with van der Waals surface area (Å²) >= 11 is 0. The van der Waals surface area contributed by atoms with Gasteiger partial charge < -0.3 is 0 Å². The summed E-state index contributed by atoms with van der Waals surface area (Å²) in [6, 6.07) is 0.997. The van der Waals surface area contributed by atoms with E-state index in [1.165, 1.54) is 6.92 Å². The molecule has 2 nitrogen and oxygen atoms in total. The maximum atomic E-state index is 14.8. The molecule has 4 rings (SSSR count). The van der Waals surface area contributed by atoms with Crippen LogP contribution >= 0.6 is 10.2 Å². The smallest absolute Gasteiger partial charge is 0.296 e. The maximum Gasteiger partial charge on any atom is 0.485 e. The van der Waals surface area contributed by atoms with Crippen molar-refractivity contribution in [1.29, 1.82) is 0 Å². The third-order valence-electron chi connectivity index (χ3n) is 11.7. The fraction of sp³-hybridized carbons (Fsp3) is 0.565. The Morgan fingerprint density at radius 1 is 0.547 bits per heavy atom. The first-order valence-corrected chi connectivity index (χ1v) is 23.6. The van der Waals surface area contributed by atoms with Crippen LogP contribution in [0.4, 0.5) is 63.3 Å². The molecule has 2 fully saturated rings. The SMILES string of the molecule is Cc1c(F)cc(/C(F)=C(\F)C2CCC(/C=C/CCCCCCOC(F)(F)OCCCCCC/C=C/C3CCC(/C(F)=C(\F)c4cc(F)c(S(F)(F)(F)(F)F)c(F)c4)CC3)CC2)cc1F. The second-order valence-corrected chi connectivity index (χ2v) is 19.1. The summed E-state index contributed by atoms with van der Waals surface area (Å²) in [6.07, 6.45) is 14.2. The molecule has 362 valence electrons. The Morgan fingerprint density at radius 2 is 0.891 bits per heavy atom. The first-order valence-electron chi connectivity index (χ1n) is 21.7. The Morgan fingerprint density at radius 3 is 1.25 bits per heavy atom. The van der Waals surface area contributed by atoms with E-state index < -0.39 is 91.0 Å². The van der Waals surface area contributed by atoms with Gasteiger partial charge in [0.25, 0.3) is 0 Å². The lowest BCUT2D eigenvalue weighted by molar-refractivity contribution is -0.392. The zero-order valence-electron chi connectivity index (χ0n) is 35.5. The van der Waals surface area contributed by atoms with Crippen molar-refractivity contribution in [3.8, 4) is 0 Å². The predicted octanol–water partition coefficient (Wildman–Crippen LogP) is 18.3. The Labute approximate surface area is 364 Å². The van der Waals surface area contributed by atoms with Crippen LogP contribution in [-0.4, -0.2) is 19.5 Å². The third-order valence-corrected chi connectivity index (χ3v) is 12.9. The van der Waals surface area contributed by atoms with E-state index in [-0.39, 0.29) is 55.6 Å². The van der Waals surface area contributed by atoms with Crippen LogP contribution in [0.25, 0.3) is 11.7 Å². The van der Waals surface area contributed by atoms with Gasteiger partial charge in [0.2, 0.25) is 0 Å². The zero-order valence-corrected chi connectivity index (χ0v) is 36.3. The van der Waals surface area contributed by atoms with E-state index in [1.807, 2.05) is 18.2 Å². The molecule has 0 saturated heterocycles. The van der Waals surface area contributed by atoms with Gasteiger partial charge in [-0.15, -0.1) is 8.78 Å². The van der Waals surface area contributed by atoms with E-state index >= 15 is 0 Å². The van der Waals surface area contributed by atoms with Crippen molar-refractivity contribution in [2.45, 2.75) is 134 Å². The van der Waals surface area contributed by atoms with E-state index in [2.05, 4.69) is 15.5 Å². The zero-order chi connectivity index (χ0) is 47.4. The highest BCUT2D eigenvalue weighted by Gasteiger charge is 2.69. The van der Waals surface area contributed by atoms with Gasteiger partial charge in [0, 0.05) is 28.5 Å². The Bertz CT molecular complexity index is 1930. The molecule has 0 aliphatic heterocycles.